The second kappa shape index (κ2) is 8.45. The summed E-state index contributed by atoms with van der Waals surface area (Å²) in [5.41, 5.74) is 1.69. The van der Waals surface area contributed by atoms with Gasteiger partial charge in [-0.2, -0.15) is 0 Å². The summed E-state index contributed by atoms with van der Waals surface area (Å²) in [5.74, 6) is 0.807. The first-order valence-electron chi connectivity index (χ1n) is 7.82. The number of aliphatic imine (C=N–C) groups is 1. The molecule has 2 aromatic rings. The minimum absolute atomic E-state index is 0.263. The Labute approximate surface area is 157 Å². The van der Waals surface area contributed by atoms with Gasteiger partial charge in [0, 0.05) is 16.3 Å². The maximum atomic E-state index is 13.0. The Hall–Kier alpha value is -1.92. The number of nitrogens with zero attached hydrogens (tertiary/aromatic N) is 1. The smallest absolute Gasteiger partial charge is 0.244 e. The van der Waals surface area contributed by atoms with Crippen LogP contribution in [0.5, 0.6) is 5.75 Å². The Morgan fingerprint density at radius 3 is 2.52 bits per heavy atom. The number of halogens is 2. The monoisotopic (exact) mass is 421 g/mol. The predicted octanol–water partition coefficient (Wildman–Crippen LogP) is 5.91. The van der Waals surface area contributed by atoms with Crippen molar-refractivity contribution < 1.29 is 13.6 Å². The van der Waals surface area contributed by atoms with Crippen molar-refractivity contribution in [1.29, 1.82) is 0 Å². The fourth-order valence-corrected chi connectivity index (χ4v) is 3.15. The van der Waals surface area contributed by atoms with Crippen LogP contribution in [0.1, 0.15) is 11.1 Å². The third kappa shape index (κ3) is 6.84. The van der Waals surface area contributed by atoms with Crippen LogP contribution in [0, 0.1) is 5.82 Å². The fraction of sp³-hybridized carbons (Fsp3) is 0.211. The van der Waals surface area contributed by atoms with Crippen molar-refractivity contribution in [1.82, 2.24) is 0 Å². The molecule has 0 aliphatic rings. The summed E-state index contributed by atoms with van der Waals surface area (Å²) in [6.45, 7) is 10.4. The maximum absolute atomic E-state index is 13.0. The van der Waals surface area contributed by atoms with Crippen LogP contribution in [0.4, 0.5) is 4.39 Å². The first-order chi connectivity index (χ1) is 11.7. The molecule has 0 bridgehead atoms. The zero-order chi connectivity index (χ0) is 18.4. The molecule has 0 saturated heterocycles. The van der Waals surface area contributed by atoms with E-state index in [4.69, 9.17) is 9.16 Å². The van der Waals surface area contributed by atoms with Crippen molar-refractivity contribution in [3.05, 3.63) is 76.3 Å². The van der Waals surface area contributed by atoms with E-state index in [-0.39, 0.29) is 5.82 Å². The van der Waals surface area contributed by atoms with E-state index in [1.54, 1.807) is 18.3 Å². The molecule has 6 heteroatoms. The second-order valence-corrected chi connectivity index (χ2v) is 11.8. The van der Waals surface area contributed by atoms with Gasteiger partial charge in [-0.1, -0.05) is 28.1 Å². The highest BCUT2D eigenvalue weighted by atomic mass is 79.9. The van der Waals surface area contributed by atoms with Crippen LogP contribution in [0.25, 0.3) is 0 Å². The van der Waals surface area contributed by atoms with Crippen LogP contribution in [0.2, 0.25) is 19.6 Å². The van der Waals surface area contributed by atoms with Gasteiger partial charge in [0.05, 0.1) is 0 Å². The molecular formula is C19H21BrFNO2Si. The summed E-state index contributed by atoms with van der Waals surface area (Å²) < 4.78 is 25.5. The first kappa shape index (κ1) is 19.4. The third-order valence-electron chi connectivity index (χ3n) is 3.05. The van der Waals surface area contributed by atoms with E-state index in [0.29, 0.717) is 18.2 Å². The minimum Gasteiger partial charge on any atom is -0.532 e. The molecule has 0 N–H and O–H groups in total. The van der Waals surface area contributed by atoms with Crippen molar-refractivity contribution in [2.75, 3.05) is 0 Å². The highest BCUT2D eigenvalue weighted by molar-refractivity contribution is 9.10. The van der Waals surface area contributed by atoms with E-state index < -0.39 is 8.32 Å². The molecule has 0 aliphatic heterocycles. The molecule has 0 saturated carbocycles. The van der Waals surface area contributed by atoms with Crippen molar-refractivity contribution in [2.24, 2.45) is 4.99 Å². The molecule has 0 unspecified atom stereocenters. The zero-order valence-electron chi connectivity index (χ0n) is 14.6. The van der Waals surface area contributed by atoms with Gasteiger partial charge in [-0.15, -0.1) is 0 Å². The highest BCUT2D eigenvalue weighted by Gasteiger charge is 2.16. The van der Waals surface area contributed by atoms with Gasteiger partial charge >= 0.3 is 0 Å². The molecule has 0 fully saturated rings. The van der Waals surface area contributed by atoms with Gasteiger partial charge in [0.25, 0.3) is 0 Å². The molecule has 0 radical (unpaired) electrons. The number of ether oxygens (including phenoxy) is 1. The Kier molecular flexibility index (Phi) is 6.55. The lowest BCUT2D eigenvalue weighted by molar-refractivity contribution is 0.305. The van der Waals surface area contributed by atoms with Crippen LogP contribution in [-0.4, -0.2) is 14.5 Å². The largest absolute Gasteiger partial charge is 0.532 e. The number of benzene rings is 2. The van der Waals surface area contributed by atoms with Crippen molar-refractivity contribution >= 4 is 30.5 Å². The molecule has 0 aromatic heterocycles. The van der Waals surface area contributed by atoms with E-state index >= 15 is 0 Å². The van der Waals surface area contributed by atoms with Gasteiger partial charge in [0.15, 0.2) is 5.88 Å². The normalized spacial score (nSPS) is 11.6. The Balaban J connectivity index is 2.11. The molecule has 132 valence electrons. The van der Waals surface area contributed by atoms with Crippen molar-refractivity contribution in [2.45, 2.75) is 26.2 Å². The second-order valence-electron chi connectivity index (χ2n) is 6.46. The number of hydrogen-bond acceptors (Lipinski definition) is 3. The highest BCUT2D eigenvalue weighted by Crippen LogP contribution is 2.23. The molecule has 0 atom stereocenters. The maximum Gasteiger partial charge on any atom is 0.244 e. The molecular weight excluding hydrogens is 401 g/mol. The van der Waals surface area contributed by atoms with Crippen LogP contribution in [0.15, 0.2) is 64.4 Å². The van der Waals surface area contributed by atoms with Gasteiger partial charge in [-0.05, 0) is 62.1 Å². The summed E-state index contributed by atoms with van der Waals surface area (Å²) in [4.78, 5) is 4.29. The standard InChI is InChI=1S/C19H21BrFNO2Si/c1-14(24-25(2,3)4)22-12-16-11-17(20)7-10-19(16)23-13-15-5-8-18(21)9-6-15/h5-12H,1,13H2,2-4H3. The quantitative estimate of drug-likeness (QED) is 0.316. The SMILES string of the molecule is C=C(N=Cc1cc(Br)ccc1OCc1ccc(F)cc1)O[Si](C)(C)C. The van der Waals surface area contributed by atoms with E-state index in [0.717, 1.165) is 15.6 Å². The topological polar surface area (TPSA) is 30.8 Å². The fourth-order valence-electron chi connectivity index (χ4n) is 2.01. The van der Waals surface area contributed by atoms with Crippen LogP contribution >= 0.6 is 15.9 Å². The van der Waals surface area contributed by atoms with Gasteiger partial charge in [-0.3, -0.25) is 0 Å². The molecule has 0 spiro atoms. The van der Waals surface area contributed by atoms with Crippen molar-refractivity contribution in [3.8, 4) is 5.75 Å². The van der Waals surface area contributed by atoms with E-state index in [9.17, 15) is 4.39 Å². The lowest BCUT2D eigenvalue weighted by Crippen LogP contribution is -2.24. The third-order valence-corrected chi connectivity index (χ3v) is 4.39. The Bertz CT molecular complexity index is 770. The Morgan fingerprint density at radius 1 is 1.20 bits per heavy atom. The lowest BCUT2D eigenvalue weighted by Gasteiger charge is -2.18. The van der Waals surface area contributed by atoms with Gasteiger partial charge < -0.3 is 9.16 Å². The summed E-state index contributed by atoms with van der Waals surface area (Å²) >= 11 is 3.45. The summed E-state index contributed by atoms with van der Waals surface area (Å²) in [6.07, 6.45) is 1.67. The van der Waals surface area contributed by atoms with E-state index in [1.165, 1.54) is 12.1 Å². The molecule has 0 heterocycles. The van der Waals surface area contributed by atoms with Crippen LogP contribution in [0.3, 0.4) is 0 Å². The van der Waals surface area contributed by atoms with E-state index in [2.05, 4.69) is 47.1 Å². The lowest BCUT2D eigenvalue weighted by atomic mass is 10.2. The van der Waals surface area contributed by atoms with Gasteiger partial charge in [0.2, 0.25) is 8.32 Å². The summed E-state index contributed by atoms with van der Waals surface area (Å²) in [5, 5.41) is 0. The predicted molar refractivity (Wildman–Crippen MR) is 106 cm³/mol. The first-order valence-corrected chi connectivity index (χ1v) is 12.0. The average Bonchev–Trinajstić information content (AvgIpc) is 2.52. The molecule has 25 heavy (non-hydrogen) atoms. The molecule has 3 nitrogen and oxygen atoms in total. The van der Waals surface area contributed by atoms with Crippen LogP contribution in [-0.2, 0) is 11.0 Å². The summed E-state index contributed by atoms with van der Waals surface area (Å²) in [7, 11) is -1.73. The molecule has 0 amide bonds. The number of rotatable bonds is 7. The minimum atomic E-state index is -1.73. The van der Waals surface area contributed by atoms with E-state index in [1.807, 2.05) is 18.2 Å². The molecule has 2 aromatic carbocycles. The van der Waals surface area contributed by atoms with Crippen molar-refractivity contribution in [3.63, 3.8) is 0 Å². The van der Waals surface area contributed by atoms with Crippen LogP contribution < -0.4 is 4.74 Å². The number of hydrogen-bond donors (Lipinski definition) is 0. The van der Waals surface area contributed by atoms with Gasteiger partial charge in [-0.25, -0.2) is 9.38 Å². The van der Waals surface area contributed by atoms with Gasteiger partial charge in [0.1, 0.15) is 18.2 Å². The Morgan fingerprint density at radius 2 is 1.88 bits per heavy atom. The average molecular weight is 422 g/mol. The molecule has 0 aliphatic carbocycles. The molecule has 2 rings (SSSR count). The zero-order valence-corrected chi connectivity index (χ0v) is 17.1. The summed E-state index contributed by atoms with van der Waals surface area (Å²) in [6, 6.07) is 11.9.